The molecule has 0 aliphatic heterocycles. The maximum absolute atomic E-state index is 13.1. The third-order valence-electron chi connectivity index (χ3n) is 4.04. The van der Waals surface area contributed by atoms with Crippen molar-refractivity contribution in [3.63, 3.8) is 0 Å². The van der Waals surface area contributed by atoms with E-state index in [4.69, 9.17) is 29.6 Å². The Labute approximate surface area is 144 Å². The maximum atomic E-state index is 13.1. The van der Waals surface area contributed by atoms with Crippen molar-refractivity contribution in [1.29, 1.82) is 0 Å². The molecule has 3 rings (SSSR count). The van der Waals surface area contributed by atoms with Gasteiger partial charge in [0.05, 0.1) is 15.1 Å². The summed E-state index contributed by atoms with van der Waals surface area (Å²) in [4.78, 5) is 0.333. The fourth-order valence-corrected chi connectivity index (χ4v) is 5.53. The van der Waals surface area contributed by atoms with Crippen LogP contribution in [0.15, 0.2) is 53.4 Å². The van der Waals surface area contributed by atoms with Crippen LogP contribution in [0.5, 0.6) is 0 Å². The van der Waals surface area contributed by atoms with Gasteiger partial charge in [0.15, 0.2) is 9.84 Å². The summed E-state index contributed by atoms with van der Waals surface area (Å²) in [5.74, 6) is -1.18. The number of sulfone groups is 1. The largest absolute Gasteiger partial charge is 0.393 e. The minimum atomic E-state index is -3.60. The van der Waals surface area contributed by atoms with E-state index in [1.807, 2.05) is 0 Å². The first kappa shape index (κ1) is 16.4. The highest BCUT2D eigenvalue weighted by Gasteiger charge is 2.60. The van der Waals surface area contributed by atoms with Gasteiger partial charge in [-0.3, -0.25) is 0 Å². The van der Waals surface area contributed by atoms with Crippen molar-refractivity contribution in [3.8, 4) is 0 Å². The van der Waals surface area contributed by atoms with Crippen LogP contribution < -0.4 is 5.73 Å². The summed E-state index contributed by atoms with van der Waals surface area (Å²) in [6.45, 7) is 0. The highest BCUT2D eigenvalue weighted by Crippen LogP contribution is 2.54. The maximum Gasteiger partial charge on any atom is 0.182 e. The Morgan fingerprint density at radius 2 is 1.65 bits per heavy atom. The Morgan fingerprint density at radius 1 is 1.09 bits per heavy atom. The zero-order valence-electron chi connectivity index (χ0n) is 11.8. The molecular formula is C16H13ClFNO2S2. The summed E-state index contributed by atoms with van der Waals surface area (Å²) < 4.78 is 38.8. The molecule has 3 atom stereocenters. The smallest absolute Gasteiger partial charge is 0.182 e. The van der Waals surface area contributed by atoms with Gasteiger partial charge in [-0.1, -0.05) is 36.0 Å². The molecule has 1 saturated carbocycles. The van der Waals surface area contributed by atoms with E-state index in [0.717, 1.165) is 0 Å². The van der Waals surface area contributed by atoms with Crippen molar-refractivity contribution in [2.24, 2.45) is 11.7 Å². The van der Waals surface area contributed by atoms with Crippen LogP contribution in [0.25, 0.3) is 0 Å². The summed E-state index contributed by atoms with van der Waals surface area (Å²) in [7, 11) is -3.60. The number of halogens is 2. The molecule has 1 fully saturated rings. The number of rotatable bonds is 4. The van der Waals surface area contributed by atoms with E-state index in [0.29, 0.717) is 10.6 Å². The molecule has 0 amide bonds. The van der Waals surface area contributed by atoms with E-state index in [-0.39, 0.29) is 21.6 Å². The summed E-state index contributed by atoms with van der Waals surface area (Å²) in [6.07, 6.45) is 0. The van der Waals surface area contributed by atoms with Crippen LogP contribution in [-0.2, 0) is 9.84 Å². The normalized spacial score (nSPS) is 23.5. The first-order valence-corrected chi connectivity index (χ1v) is 9.20. The second kappa shape index (κ2) is 5.85. The van der Waals surface area contributed by atoms with Crippen molar-refractivity contribution in [2.75, 3.05) is 0 Å². The van der Waals surface area contributed by atoms with Crippen LogP contribution in [-0.4, -0.2) is 18.7 Å². The van der Waals surface area contributed by atoms with Crippen molar-refractivity contribution in [2.45, 2.75) is 16.1 Å². The lowest BCUT2D eigenvalue weighted by atomic mass is 10.1. The highest BCUT2D eigenvalue weighted by molar-refractivity contribution is 7.92. The molecule has 0 spiro atoms. The fraction of sp³-hybridized carbons (Fsp3) is 0.188. The second-order valence-electron chi connectivity index (χ2n) is 5.47. The van der Waals surface area contributed by atoms with Crippen molar-refractivity contribution in [1.82, 2.24) is 0 Å². The number of hydrogen-bond donors (Lipinski definition) is 1. The Balaban J connectivity index is 1.98. The molecule has 7 heteroatoms. The monoisotopic (exact) mass is 369 g/mol. The van der Waals surface area contributed by atoms with E-state index < -0.39 is 21.0 Å². The van der Waals surface area contributed by atoms with Gasteiger partial charge in [-0.15, -0.1) is 0 Å². The van der Waals surface area contributed by atoms with Crippen molar-refractivity contribution < 1.29 is 12.8 Å². The molecule has 0 heterocycles. The Bertz CT molecular complexity index is 851. The molecule has 0 saturated heterocycles. The van der Waals surface area contributed by atoms with Gasteiger partial charge >= 0.3 is 0 Å². The Morgan fingerprint density at radius 3 is 2.17 bits per heavy atom. The molecule has 2 N–H and O–H groups in total. The molecule has 1 aliphatic carbocycles. The lowest BCUT2D eigenvalue weighted by Crippen LogP contribution is -2.17. The SMILES string of the molecule is NC(=S)[C@H]1[C@H](c2ccc(F)cc2)[C@@H]1S(=O)(=O)c1ccc(Cl)cc1. The van der Waals surface area contributed by atoms with Crippen LogP contribution in [0.3, 0.4) is 0 Å². The van der Waals surface area contributed by atoms with Gasteiger partial charge in [0.1, 0.15) is 5.82 Å². The lowest BCUT2D eigenvalue weighted by Gasteiger charge is -2.04. The van der Waals surface area contributed by atoms with Crippen LogP contribution >= 0.6 is 23.8 Å². The van der Waals surface area contributed by atoms with Gasteiger partial charge in [0.2, 0.25) is 0 Å². The van der Waals surface area contributed by atoms with Gasteiger partial charge in [-0.25, -0.2) is 12.8 Å². The first-order valence-electron chi connectivity index (χ1n) is 6.86. The van der Waals surface area contributed by atoms with Crippen LogP contribution in [0.1, 0.15) is 11.5 Å². The van der Waals surface area contributed by atoms with Crippen molar-refractivity contribution in [3.05, 3.63) is 64.9 Å². The molecule has 0 aromatic heterocycles. The van der Waals surface area contributed by atoms with Gasteiger partial charge in [0.25, 0.3) is 0 Å². The van der Waals surface area contributed by atoms with Gasteiger partial charge < -0.3 is 5.73 Å². The van der Waals surface area contributed by atoms with E-state index in [1.54, 1.807) is 12.1 Å². The van der Waals surface area contributed by atoms with Crippen LogP contribution in [0.4, 0.5) is 4.39 Å². The summed E-state index contributed by atoms with van der Waals surface area (Å²) in [5.41, 5.74) is 6.43. The molecule has 0 unspecified atom stereocenters. The van der Waals surface area contributed by atoms with E-state index >= 15 is 0 Å². The predicted octanol–water partition coefficient (Wildman–Crippen LogP) is 3.32. The van der Waals surface area contributed by atoms with Crippen LogP contribution in [0.2, 0.25) is 5.02 Å². The zero-order valence-corrected chi connectivity index (χ0v) is 14.2. The summed E-state index contributed by atoms with van der Waals surface area (Å²) in [5, 5.41) is -0.271. The third kappa shape index (κ3) is 2.98. The van der Waals surface area contributed by atoms with Gasteiger partial charge in [-0.2, -0.15) is 0 Å². The molecule has 0 bridgehead atoms. The van der Waals surface area contributed by atoms with E-state index in [9.17, 15) is 12.8 Å². The third-order valence-corrected chi connectivity index (χ3v) is 6.79. The predicted molar refractivity (Wildman–Crippen MR) is 91.8 cm³/mol. The quantitative estimate of drug-likeness (QED) is 0.840. The molecule has 0 radical (unpaired) electrons. The Hall–Kier alpha value is -1.50. The topological polar surface area (TPSA) is 60.2 Å². The fourth-order valence-electron chi connectivity index (χ4n) is 2.87. The van der Waals surface area contributed by atoms with Crippen molar-refractivity contribution >= 4 is 38.6 Å². The minimum Gasteiger partial charge on any atom is -0.393 e. The summed E-state index contributed by atoms with van der Waals surface area (Å²) >= 11 is 10.8. The molecule has 120 valence electrons. The van der Waals surface area contributed by atoms with Gasteiger partial charge in [-0.05, 0) is 42.0 Å². The highest BCUT2D eigenvalue weighted by atomic mass is 35.5. The molecule has 3 nitrogen and oxygen atoms in total. The average Bonchev–Trinajstić information content (AvgIpc) is 3.25. The molecule has 2 aromatic carbocycles. The molecular weight excluding hydrogens is 357 g/mol. The van der Waals surface area contributed by atoms with Crippen LogP contribution in [0, 0.1) is 11.7 Å². The molecule has 1 aliphatic rings. The lowest BCUT2D eigenvalue weighted by molar-refractivity contribution is 0.593. The molecule has 23 heavy (non-hydrogen) atoms. The number of benzene rings is 2. The standard InChI is InChI=1S/C16H13ClFNO2S2/c17-10-3-7-12(8-4-10)23(20,21)15-13(14(15)16(19)22)9-1-5-11(18)6-2-9/h1-8,13-15H,(H2,19,22)/t13-,14-,15-/m0/s1. The summed E-state index contributed by atoms with van der Waals surface area (Å²) in [6, 6.07) is 11.7. The van der Waals surface area contributed by atoms with E-state index in [1.165, 1.54) is 36.4 Å². The first-order chi connectivity index (χ1) is 10.8. The van der Waals surface area contributed by atoms with E-state index in [2.05, 4.69) is 0 Å². The Kier molecular flexibility index (Phi) is 4.16. The number of nitrogens with two attached hydrogens (primary N) is 1. The average molecular weight is 370 g/mol. The minimum absolute atomic E-state index is 0.155. The zero-order chi connectivity index (χ0) is 16.8. The molecule has 2 aromatic rings. The second-order valence-corrected chi connectivity index (χ2v) is 8.48. The van der Waals surface area contributed by atoms with Gasteiger partial charge in [0, 0.05) is 16.9 Å². The number of thiocarbonyl (C=S) groups is 1. The number of hydrogen-bond acceptors (Lipinski definition) is 3.